The highest BCUT2D eigenvalue weighted by atomic mass is 16.7. The molecule has 3 nitrogen and oxygen atoms in total. The second-order valence-corrected chi connectivity index (χ2v) is 2.10. The predicted molar refractivity (Wildman–Crippen MR) is 40.5 cm³/mol. The Hall–Kier alpha value is -0.120. The minimum atomic E-state index is 0.364. The fourth-order valence-electron chi connectivity index (χ4n) is 0.735. The highest BCUT2D eigenvalue weighted by Crippen LogP contribution is 2.00. The molecule has 0 aromatic carbocycles. The molecule has 0 radical (unpaired) electrons. The van der Waals surface area contributed by atoms with Crippen molar-refractivity contribution in [3.8, 4) is 0 Å². The molecule has 0 amide bonds. The average molecular weight is 147 g/mol. The molecular weight excluding hydrogens is 130 g/mol. The molecule has 0 aliphatic rings. The van der Waals surface area contributed by atoms with Gasteiger partial charge in [0, 0.05) is 0 Å². The first kappa shape index (κ1) is 9.88. The summed E-state index contributed by atoms with van der Waals surface area (Å²) in [6.07, 6.45) is 2.48. The zero-order valence-electron chi connectivity index (χ0n) is 7.02. The molecule has 3 heteroatoms. The summed E-state index contributed by atoms with van der Waals surface area (Å²) < 4.78 is 5.34. The molecule has 0 aliphatic heterocycles. The zero-order chi connectivity index (χ0) is 7.82. The summed E-state index contributed by atoms with van der Waals surface area (Å²) in [6.45, 7) is 4.70. The smallest absolute Gasteiger partial charge is 0.119 e. The van der Waals surface area contributed by atoms with Crippen molar-refractivity contribution in [3.63, 3.8) is 0 Å². The second-order valence-electron chi connectivity index (χ2n) is 2.10. The SMILES string of the molecule is CCC(CC)OCNOC. The Morgan fingerprint density at radius 1 is 1.30 bits per heavy atom. The van der Waals surface area contributed by atoms with E-state index in [1.165, 1.54) is 0 Å². The molecule has 0 saturated heterocycles. The van der Waals surface area contributed by atoms with Crippen molar-refractivity contribution in [1.82, 2.24) is 5.48 Å². The minimum absolute atomic E-state index is 0.364. The van der Waals surface area contributed by atoms with Crippen molar-refractivity contribution in [2.45, 2.75) is 32.8 Å². The van der Waals surface area contributed by atoms with Crippen LogP contribution in [0.5, 0.6) is 0 Å². The molecule has 62 valence electrons. The van der Waals surface area contributed by atoms with E-state index in [1.807, 2.05) is 0 Å². The summed E-state index contributed by atoms with van der Waals surface area (Å²) >= 11 is 0. The molecule has 0 saturated carbocycles. The molecule has 0 rings (SSSR count). The first-order valence-corrected chi connectivity index (χ1v) is 3.72. The monoisotopic (exact) mass is 147 g/mol. The van der Waals surface area contributed by atoms with Gasteiger partial charge in [0.2, 0.25) is 0 Å². The van der Waals surface area contributed by atoms with Crippen LogP contribution in [0.2, 0.25) is 0 Å². The fourth-order valence-corrected chi connectivity index (χ4v) is 0.735. The summed E-state index contributed by atoms with van der Waals surface area (Å²) in [6, 6.07) is 0. The molecule has 0 unspecified atom stereocenters. The molecule has 0 aromatic heterocycles. The van der Waals surface area contributed by atoms with Crippen LogP contribution in [0.3, 0.4) is 0 Å². The van der Waals surface area contributed by atoms with Crippen molar-refractivity contribution < 1.29 is 9.57 Å². The third-order valence-corrected chi connectivity index (χ3v) is 1.43. The van der Waals surface area contributed by atoms with Crippen LogP contribution < -0.4 is 5.48 Å². The van der Waals surface area contributed by atoms with Gasteiger partial charge in [-0.25, -0.2) is 0 Å². The van der Waals surface area contributed by atoms with E-state index >= 15 is 0 Å². The molecule has 0 aliphatic carbocycles. The maximum absolute atomic E-state index is 5.34. The van der Waals surface area contributed by atoms with Crippen LogP contribution in [0.1, 0.15) is 26.7 Å². The Kier molecular flexibility index (Phi) is 6.91. The minimum Gasteiger partial charge on any atom is -0.361 e. The lowest BCUT2D eigenvalue weighted by Gasteiger charge is -2.12. The van der Waals surface area contributed by atoms with Gasteiger partial charge in [0.1, 0.15) is 6.73 Å². The topological polar surface area (TPSA) is 30.5 Å². The first-order chi connectivity index (χ1) is 4.85. The normalized spacial score (nSPS) is 10.8. The Morgan fingerprint density at radius 2 is 1.90 bits per heavy atom. The van der Waals surface area contributed by atoms with Gasteiger partial charge >= 0.3 is 0 Å². The highest BCUT2D eigenvalue weighted by molar-refractivity contribution is 4.48. The molecule has 0 atom stereocenters. The van der Waals surface area contributed by atoms with E-state index in [4.69, 9.17) is 4.74 Å². The third kappa shape index (κ3) is 4.73. The fraction of sp³-hybridized carbons (Fsp3) is 1.00. The molecular formula is C7H17NO2. The number of ether oxygens (including phenoxy) is 1. The molecule has 0 bridgehead atoms. The van der Waals surface area contributed by atoms with Crippen molar-refractivity contribution in [2.24, 2.45) is 0 Å². The van der Waals surface area contributed by atoms with E-state index < -0.39 is 0 Å². The van der Waals surface area contributed by atoms with E-state index in [2.05, 4.69) is 24.2 Å². The summed E-state index contributed by atoms with van der Waals surface area (Å²) in [5, 5.41) is 0. The van der Waals surface area contributed by atoms with E-state index in [0.29, 0.717) is 12.8 Å². The van der Waals surface area contributed by atoms with Gasteiger partial charge < -0.3 is 9.57 Å². The van der Waals surface area contributed by atoms with Gasteiger partial charge in [0.05, 0.1) is 13.2 Å². The van der Waals surface area contributed by atoms with Gasteiger partial charge in [-0.2, -0.15) is 5.48 Å². The Balaban J connectivity index is 3.09. The quantitative estimate of drug-likeness (QED) is 0.349. The number of hydroxylamine groups is 1. The lowest BCUT2D eigenvalue weighted by atomic mass is 10.2. The molecule has 10 heavy (non-hydrogen) atoms. The Morgan fingerprint density at radius 3 is 2.30 bits per heavy atom. The van der Waals surface area contributed by atoms with Gasteiger partial charge in [0.15, 0.2) is 0 Å². The summed E-state index contributed by atoms with van der Waals surface area (Å²) in [7, 11) is 1.58. The van der Waals surface area contributed by atoms with Crippen molar-refractivity contribution in [1.29, 1.82) is 0 Å². The number of nitrogens with one attached hydrogen (secondary N) is 1. The van der Waals surface area contributed by atoms with Crippen LogP contribution in [-0.2, 0) is 9.57 Å². The van der Waals surface area contributed by atoms with Gasteiger partial charge in [-0.05, 0) is 12.8 Å². The number of hydrogen-bond donors (Lipinski definition) is 1. The average Bonchev–Trinajstić information content (AvgIpc) is 1.99. The molecule has 1 N–H and O–H groups in total. The van der Waals surface area contributed by atoms with Crippen LogP contribution in [-0.4, -0.2) is 19.9 Å². The van der Waals surface area contributed by atoms with Crippen LogP contribution in [0, 0.1) is 0 Å². The van der Waals surface area contributed by atoms with Crippen LogP contribution >= 0.6 is 0 Å². The van der Waals surface area contributed by atoms with E-state index in [9.17, 15) is 0 Å². The first-order valence-electron chi connectivity index (χ1n) is 3.72. The second kappa shape index (κ2) is 6.99. The molecule has 0 spiro atoms. The van der Waals surface area contributed by atoms with Gasteiger partial charge in [-0.3, -0.25) is 0 Å². The maximum atomic E-state index is 5.34. The van der Waals surface area contributed by atoms with Crippen molar-refractivity contribution in [2.75, 3.05) is 13.8 Å². The largest absolute Gasteiger partial charge is 0.361 e. The van der Waals surface area contributed by atoms with Crippen molar-refractivity contribution in [3.05, 3.63) is 0 Å². The highest BCUT2D eigenvalue weighted by Gasteiger charge is 2.00. The third-order valence-electron chi connectivity index (χ3n) is 1.43. The predicted octanol–water partition coefficient (Wildman–Crippen LogP) is 1.30. The Bertz CT molecular complexity index is 64.6. The van der Waals surface area contributed by atoms with Gasteiger partial charge in [0.25, 0.3) is 0 Å². The van der Waals surface area contributed by atoms with Gasteiger partial charge in [-0.1, -0.05) is 13.8 Å². The lowest BCUT2D eigenvalue weighted by molar-refractivity contribution is -0.0422. The van der Waals surface area contributed by atoms with E-state index in [1.54, 1.807) is 7.11 Å². The van der Waals surface area contributed by atoms with Gasteiger partial charge in [-0.15, -0.1) is 0 Å². The van der Waals surface area contributed by atoms with Crippen LogP contribution in [0.15, 0.2) is 0 Å². The van der Waals surface area contributed by atoms with Crippen molar-refractivity contribution >= 4 is 0 Å². The molecule has 0 heterocycles. The summed E-state index contributed by atoms with van der Waals surface area (Å²) in [5.74, 6) is 0. The molecule has 0 fully saturated rings. The van der Waals surface area contributed by atoms with E-state index in [-0.39, 0.29) is 0 Å². The van der Waals surface area contributed by atoms with Crippen LogP contribution in [0.4, 0.5) is 0 Å². The lowest BCUT2D eigenvalue weighted by Crippen LogP contribution is -2.21. The number of rotatable bonds is 6. The number of hydrogen-bond acceptors (Lipinski definition) is 3. The van der Waals surface area contributed by atoms with E-state index in [0.717, 1.165) is 12.8 Å². The standard InChI is InChI=1S/C7H17NO2/c1-4-7(5-2)10-6-8-9-3/h7-8H,4-6H2,1-3H3. The summed E-state index contributed by atoms with van der Waals surface area (Å²) in [4.78, 5) is 4.61. The summed E-state index contributed by atoms with van der Waals surface area (Å²) in [5.41, 5.74) is 2.63. The zero-order valence-corrected chi connectivity index (χ0v) is 7.02. The molecule has 0 aromatic rings. The maximum Gasteiger partial charge on any atom is 0.119 e. The van der Waals surface area contributed by atoms with Crippen LogP contribution in [0.25, 0.3) is 0 Å². The Labute approximate surface area is 62.7 Å².